The minimum atomic E-state index is 0.685. The Kier molecular flexibility index (Phi) is 5.94. The molecule has 1 aliphatic rings. The quantitative estimate of drug-likeness (QED) is 0.728. The second kappa shape index (κ2) is 6.75. The third kappa shape index (κ3) is 4.59. The Labute approximate surface area is 108 Å². The average molecular weight is 240 g/mol. The SMILES string of the molecule is CC(C)CCCN1CC(C)N(C(C)C)CC1C. The maximum Gasteiger partial charge on any atom is 0.0198 e. The Morgan fingerprint density at radius 1 is 1.00 bits per heavy atom. The molecular weight excluding hydrogens is 208 g/mol. The molecule has 1 heterocycles. The maximum atomic E-state index is 2.69. The first-order valence-electron chi connectivity index (χ1n) is 7.41. The summed E-state index contributed by atoms with van der Waals surface area (Å²) in [6.07, 6.45) is 2.72. The van der Waals surface area contributed by atoms with Crippen LogP contribution in [0.3, 0.4) is 0 Å². The Bertz CT molecular complexity index is 213. The molecular formula is C15H32N2. The first kappa shape index (κ1) is 15.0. The van der Waals surface area contributed by atoms with E-state index in [-0.39, 0.29) is 0 Å². The van der Waals surface area contributed by atoms with E-state index in [2.05, 4.69) is 51.3 Å². The van der Waals surface area contributed by atoms with Crippen LogP contribution in [0.4, 0.5) is 0 Å². The van der Waals surface area contributed by atoms with Gasteiger partial charge in [0, 0.05) is 31.2 Å². The maximum absolute atomic E-state index is 2.69. The zero-order valence-electron chi connectivity index (χ0n) is 12.7. The van der Waals surface area contributed by atoms with E-state index in [1.54, 1.807) is 0 Å². The monoisotopic (exact) mass is 240 g/mol. The van der Waals surface area contributed by atoms with Gasteiger partial charge in [0.05, 0.1) is 0 Å². The van der Waals surface area contributed by atoms with Gasteiger partial charge in [-0.1, -0.05) is 13.8 Å². The first-order chi connectivity index (χ1) is 7.91. The van der Waals surface area contributed by atoms with E-state index in [9.17, 15) is 0 Å². The fourth-order valence-electron chi connectivity index (χ4n) is 2.96. The molecule has 1 rings (SSSR count). The largest absolute Gasteiger partial charge is 0.298 e. The Morgan fingerprint density at radius 3 is 2.18 bits per heavy atom. The van der Waals surface area contributed by atoms with E-state index < -0.39 is 0 Å². The molecule has 0 aromatic rings. The van der Waals surface area contributed by atoms with Crippen molar-refractivity contribution in [1.29, 1.82) is 0 Å². The van der Waals surface area contributed by atoms with Gasteiger partial charge in [-0.15, -0.1) is 0 Å². The molecule has 0 aromatic heterocycles. The second-order valence-corrected chi connectivity index (χ2v) is 6.52. The van der Waals surface area contributed by atoms with E-state index in [1.807, 2.05) is 0 Å². The van der Waals surface area contributed by atoms with Crippen molar-refractivity contribution in [2.45, 2.75) is 72.5 Å². The Hall–Kier alpha value is -0.0800. The van der Waals surface area contributed by atoms with Crippen molar-refractivity contribution in [3.63, 3.8) is 0 Å². The highest BCUT2D eigenvalue weighted by Gasteiger charge is 2.29. The molecule has 0 bridgehead atoms. The van der Waals surface area contributed by atoms with Gasteiger partial charge >= 0.3 is 0 Å². The number of rotatable bonds is 5. The summed E-state index contributed by atoms with van der Waals surface area (Å²) in [5, 5.41) is 0. The van der Waals surface area contributed by atoms with Gasteiger partial charge in [0.2, 0.25) is 0 Å². The summed E-state index contributed by atoms with van der Waals surface area (Å²) < 4.78 is 0. The van der Waals surface area contributed by atoms with Crippen molar-refractivity contribution in [1.82, 2.24) is 9.80 Å². The highest BCUT2D eigenvalue weighted by atomic mass is 15.3. The third-order valence-corrected chi connectivity index (χ3v) is 4.05. The molecule has 2 atom stereocenters. The predicted molar refractivity (Wildman–Crippen MR) is 76.4 cm³/mol. The predicted octanol–water partition coefficient (Wildman–Crippen LogP) is 3.23. The number of nitrogens with zero attached hydrogens (tertiary/aromatic N) is 2. The second-order valence-electron chi connectivity index (χ2n) is 6.52. The van der Waals surface area contributed by atoms with Crippen LogP contribution in [0.2, 0.25) is 0 Å². The molecule has 0 amide bonds. The molecule has 102 valence electrons. The molecule has 1 aliphatic heterocycles. The van der Waals surface area contributed by atoms with Crippen molar-refractivity contribution >= 4 is 0 Å². The summed E-state index contributed by atoms with van der Waals surface area (Å²) in [6.45, 7) is 17.8. The molecule has 2 heteroatoms. The zero-order valence-corrected chi connectivity index (χ0v) is 12.7. The van der Waals surface area contributed by atoms with Crippen molar-refractivity contribution in [3.05, 3.63) is 0 Å². The minimum Gasteiger partial charge on any atom is -0.298 e. The van der Waals surface area contributed by atoms with E-state index in [0.29, 0.717) is 12.1 Å². The summed E-state index contributed by atoms with van der Waals surface area (Å²) >= 11 is 0. The summed E-state index contributed by atoms with van der Waals surface area (Å²) in [5.41, 5.74) is 0. The fourth-order valence-corrected chi connectivity index (χ4v) is 2.96. The lowest BCUT2D eigenvalue weighted by Gasteiger charge is -2.46. The van der Waals surface area contributed by atoms with Gasteiger partial charge in [0.1, 0.15) is 0 Å². The van der Waals surface area contributed by atoms with Crippen LogP contribution in [0.5, 0.6) is 0 Å². The lowest BCUT2D eigenvalue weighted by molar-refractivity contribution is 0.0227. The van der Waals surface area contributed by atoms with E-state index in [1.165, 1.54) is 32.5 Å². The molecule has 0 spiro atoms. The van der Waals surface area contributed by atoms with Gasteiger partial charge < -0.3 is 0 Å². The normalized spacial score (nSPS) is 28.2. The molecule has 2 unspecified atom stereocenters. The highest BCUT2D eigenvalue weighted by Crippen LogP contribution is 2.18. The molecule has 1 fully saturated rings. The molecule has 0 aliphatic carbocycles. The molecule has 1 saturated heterocycles. The molecule has 17 heavy (non-hydrogen) atoms. The van der Waals surface area contributed by atoms with Gasteiger partial charge in [0.15, 0.2) is 0 Å². The van der Waals surface area contributed by atoms with Crippen LogP contribution in [0.1, 0.15) is 54.4 Å². The Morgan fingerprint density at radius 2 is 1.65 bits per heavy atom. The number of hydrogen-bond acceptors (Lipinski definition) is 2. The molecule has 0 radical (unpaired) electrons. The van der Waals surface area contributed by atoms with E-state index >= 15 is 0 Å². The van der Waals surface area contributed by atoms with Crippen LogP contribution in [-0.4, -0.2) is 47.6 Å². The summed E-state index contributed by atoms with van der Waals surface area (Å²) in [4.78, 5) is 5.33. The van der Waals surface area contributed by atoms with Crippen molar-refractivity contribution in [3.8, 4) is 0 Å². The topological polar surface area (TPSA) is 6.48 Å². The van der Waals surface area contributed by atoms with Crippen LogP contribution < -0.4 is 0 Å². The fraction of sp³-hybridized carbons (Fsp3) is 1.00. The van der Waals surface area contributed by atoms with Gasteiger partial charge in [-0.2, -0.15) is 0 Å². The number of piperazine rings is 1. The summed E-state index contributed by atoms with van der Waals surface area (Å²) in [6, 6.07) is 2.12. The first-order valence-corrected chi connectivity index (χ1v) is 7.41. The smallest absolute Gasteiger partial charge is 0.0198 e. The third-order valence-electron chi connectivity index (χ3n) is 4.05. The van der Waals surface area contributed by atoms with E-state index in [0.717, 1.165) is 12.0 Å². The molecule has 0 aromatic carbocycles. The van der Waals surface area contributed by atoms with Gasteiger partial charge in [-0.3, -0.25) is 9.80 Å². The number of hydrogen-bond donors (Lipinski definition) is 0. The van der Waals surface area contributed by atoms with Crippen LogP contribution in [0, 0.1) is 5.92 Å². The van der Waals surface area contributed by atoms with Crippen LogP contribution in [-0.2, 0) is 0 Å². The Balaban J connectivity index is 2.38. The van der Waals surface area contributed by atoms with Gasteiger partial charge in [0.25, 0.3) is 0 Å². The lowest BCUT2D eigenvalue weighted by Crippen LogP contribution is -2.58. The average Bonchev–Trinajstić information content (AvgIpc) is 2.21. The molecule has 0 saturated carbocycles. The highest BCUT2D eigenvalue weighted by molar-refractivity contribution is 4.86. The molecule has 0 N–H and O–H groups in total. The molecule has 2 nitrogen and oxygen atoms in total. The summed E-state index contributed by atoms with van der Waals surface area (Å²) in [7, 11) is 0. The minimum absolute atomic E-state index is 0.685. The van der Waals surface area contributed by atoms with Gasteiger partial charge in [-0.05, 0) is 53.0 Å². The lowest BCUT2D eigenvalue weighted by atomic mass is 10.0. The van der Waals surface area contributed by atoms with Crippen molar-refractivity contribution in [2.75, 3.05) is 19.6 Å². The van der Waals surface area contributed by atoms with Crippen LogP contribution in [0.25, 0.3) is 0 Å². The van der Waals surface area contributed by atoms with Crippen molar-refractivity contribution < 1.29 is 0 Å². The van der Waals surface area contributed by atoms with Crippen molar-refractivity contribution in [2.24, 2.45) is 5.92 Å². The van der Waals surface area contributed by atoms with Crippen LogP contribution in [0.15, 0.2) is 0 Å². The zero-order chi connectivity index (χ0) is 13.0. The van der Waals surface area contributed by atoms with Crippen LogP contribution >= 0.6 is 0 Å². The summed E-state index contributed by atoms with van der Waals surface area (Å²) in [5.74, 6) is 0.847. The van der Waals surface area contributed by atoms with Gasteiger partial charge in [-0.25, -0.2) is 0 Å². The standard InChI is InChI=1S/C15H32N2/c1-12(2)8-7-9-16-10-15(6)17(13(3)4)11-14(16)5/h12-15H,7-11H2,1-6H3. The van der Waals surface area contributed by atoms with E-state index in [4.69, 9.17) is 0 Å².